The average molecular weight is 289 g/mol. The van der Waals surface area contributed by atoms with Gasteiger partial charge in [-0.15, -0.1) is 0 Å². The number of nitrogens with one attached hydrogen (secondary N) is 1. The molecule has 3 nitrogen and oxygen atoms in total. The summed E-state index contributed by atoms with van der Waals surface area (Å²) in [6.07, 6.45) is 8.45. The standard InChI is InChI=1S/C18H12FN3/c19-16-5-3-14(4-6-16)18-17(13-7-10-21-11-8-13)15(12-22-18)2-1-9-20/h1-8,10-12,22H. The highest BCUT2D eigenvalue weighted by molar-refractivity contribution is 5.88. The lowest BCUT2D eigenvalue weighted by Crippen LogP contribution is -1.85. The predicted octanol–water partition coefficient (Wildman–Crippen LogP) is 4.42. The summed E-state index contributed by atoms with van der Waals surface area (Å²) in [4.78, 5) is 7.24. The first-order chi connectivity index (χ1) is 10.8. The fourth-order valence-electron chi connectivity index (χ4n) is 2.37. The molecular weight excluding hydrogens is 277 g/mol. The molecule has 2 aromatic heterocycles. The molecule has 22 heavy (non-hydrogen) atoms. The molecule has 2 heterocycles. The molecule has 0 amide bonds. The lowest BCUT2D eigenvalue weighted by molar-refractivity contribution is 0.628. The first kappa shape index (κ1) is 13.8. The molecule has 0 atom stereocenters. The van der Waals surface area contributed by atoms with Gasteiger partial charge >= 0.3 is 0 Å². The normalized spacial score (nSPS) is 10.7. The third-order valence-electron chi connectivity index (χ3n) is 3.35. The molecule has 0 fully saturated rings. The zero-order valence-electron chi connectivity index (χ0n) is 11.6. The molecule has 4 heteroatoms. The maximum Gasteiger partial charge on any atom is 0.123 e. The number of nitriles is 1. The van der Waals surface area contributed by atoms with E-state index in [-0.39, 0.29) is 5.82 Å². The van der Waals surface area contributed by atoms with Crippen LogP contribution in [0.1, 0.15) is 5.56 Å². The number of halogens is 1. The van der Waals surface area contributed by atoms with Gasteiger partial charge in [-0.3, -0.25) is 4.98 Å². The van der Waals surface area contributed by atoms with Crippen LogP contribution in [-0.2, 0) is 0 Å². The van der Waals surface area contributed by atoms with Gasteiger partial charge < -0.3 is 4.98 Å². The summed E-state index contributed by atoms with van der Waals surface area (Å²) in [5.41, 5.74) is 4.59. The van der Waals surface area contributed by atoms with Crippen LogP contribution in [0.5, 0.6) is 0 Å². The fraction of sp³-hybridized carbons (Fsp3) is 0. The van der Waals surface area contributed by atoms with Crippen molar-refractivity contribution in [1.29, 1.82) is 5.26 Å². The second-order valence-electron chi connectivity index (χ2n) is 4.70. The van der Waals surface area contributed by atoms with Crippen LogP contribution >= 0.6 is 0 Å². The topological polar surface area (TPSA) is 52.5 Å². The molecule has 0 spiro atoms. The van der Waals surface area contributed by atoms with Crippen molar-refractivity contribution in [3.05, 3.63) is 72.4 Å². The second-order valence-corrected chi connectivity index (χ2v) is 4.70. The maximum absolute atomic E-state index is 13.1. The van der Waals surface area contributed by atoms with Crippen molar-refractivity contribution in [2.24, 2.45) is 0 Å². The maximum atomic E-state index is 13.1. The zero-order chi connectivity index (χ0) is 15.4. The quantitative estimate of drug-likeness (QED) is 0.726. The third kappa shape index (κ3) is 2.65. The predicted molar refractivity (Wildman–Crippen MR) is 84.1 cm³/mol. The molecule has 0 aliphatic heterocycles. The number of hydrogen-bond donors (Lipinski definition) is 1. The molecule has 0 saturated carbocycles. The molecule has 1 N–H and O–H groups in total. The minimum atomic E-state index is -0.273. The number of aromatic amines is 1. The molecule has 3 aromatic rings. The highest BCUT2D eigenvalue weighted by Crippen LogP contribution is 2.35. The largest absolute Gasteiger partial charge is 0.360 e. The van der Waals surface area contributed by atoms with E-state index in [9.17, 15) is 4.39 Å². The Morgan fingerprint density at radius 3 is 2.45 bits per heavy atom. The van der Waals surface area contributed by atoms with E-state index in [1.807, 2.05) is 24.4 Å². The number of H-pyrrole nitrogens is 1. The van der Waals surface area contributed by atoms with Crippen molar-refractivity contribution in [3.63, 3.8) is 0 Å². The van der Waals surface area contributed by atoms with E-state index in [1.165, 1.54) is 18.2 Å². The summed E-state index contributed by atoms with van der Waals surface area (Å²) in [7, 11) is 0. The smallest absolute Gasteiger partial charge is 0.123 e. The van der Waals surface area contributed by atoms with Crippen molar-refractivity contribution in [2.45, 2.75) is 0 Å². The minimum Gasteiger partial charge on any atom is -0.360 e. The van der Waals surface area contributed by atoms with Crippen LogP contribution in [0.2, 0.25) is 0 Å². The molecule has 0 aliphatic rings. The Balaban J connectivity index is 2.19. The Morgan fingerprint density at radius 1 is 1.05 bits per heavy atom. The molecule has 106 valence electrons. The first-order valence-corrected chi connectivity index (χ1v) is 6.73. The number of pyridine rings is 1. The van der Waals surface area contributed by atoms with Crippen LogP contribution < -0.4 is 0 Å². The van der Waals surface area contributed by atoms with Crippen molar-refractivity contribution < 1.29 is 4.39 Å². The van der Waals surface area contributed by atoms with Gasteiger partial charge in [0.2, 0.25) is 0 Å². The van der Waals surface area contributed by atoms with Gasteiger partial charge in [0, 0.05) is 35.8 Å². The van der Waals surface area contributed by atoms with Crippen molar-refractivity contribution in [1.82, 2.24) is 9.97 Å². The highest BCUT2D eigenvalue weighted by atomic mass is 19.1. The molecule has 0 radical (unpaired) electrons. The summed E-state index contributed by atoms with van der Waals surface area (Å²) >= 11 is 0. The third-order valence-corrected chi connectivity index (χ3v) is 3.35. The Bertz CT molecular complexity index is 840. The van der Waals surface area contributed by atoms with Gasteiger partial charge in [-0.05, 0) is 53.6 Å². The van der Waals surface area contributed by atoms with Gasteiger partial charge in [-0.25, -0.2) is 4.39 Å². The summed E-state index contributed by atoms with van der Waals surface area (Å²) in [5.74, 6) is -0.273. The summed E-state index contributed by atoms with van der Waals surface area (Å²) in [6, 6.07) is 12.1. The number of allylic oxidation sites excluding steroid dienone is 1. The molecule has 3 rings (SSSR count). The van der Waals surface area contributed by atoms with Gasteiger partial charge in [-0.2, -0.15) is 5.26 Å². The minimum absolute atomic E-state index is 0.273. The van der Waals surface area contributed by atoms with Crippen molar-refractivity contribution in [2.75, 3.05) is 0 Å². The van der Waals surface area contributed by atoms with Gasteiger partial charge in [0.05, 0.1) is 11.8 Å². The second kappa shape index (κ2) is 6.06. The Hall–Kier alpha value is -3.19. The number of nitrogens with zero attached hydrogens (tertiary/aromatic N) is 2. The number of hydrogen-bond acceptors (Lipinski definition) is 2. The Kier molecular flexibility index (Phi) is 3.80. The molecule has 0 bridgehead atoms. The molecule has 0 aliphatic carbocycles. The molecule has 0 unspecified atom stereocenters. The van der Waals surface area contributed by atoms with Gasteiger partial charge in [-0.1, -0.05) is 0 Å². The monoisotopic (exact) mass is 289 g/mol. The fourth-order valence-corrected chi connectivity index (χ4v) is 2.37. The van der Waals surface area contributed by atoms with Crippen LogP contribution in [0.4, 0.5) is 4.39 Å². The average Bonchev–Trinajstić information content (AvgIpc) is 2.98. The van der Waals surface area contributed by atoms with Crippen LogP contribution in [0.3, 0.4) is 0 Å². The molecular formula is C18H12FN3. The van der Waals surface area contributed by atoms with Gasteiger partial charge in [0.1, 0.15) is 5.82 Å². The Morgan fingerprint density at radius 2 is 1.77 bits per heavy atom. The van der Waals surface area contributed by atoms with E-state index in [0.29, 0.717) is 0 Å². The molecule has 1 aromatic carbocycles. The van der Waals surface area contributed by atoms with E-state index in [0.717, 1.165) is 27.9 Å². The van der Waals surface area contributed by atoms with Crippen LogP contribution in [0.25, 0.3) is 28.5 Å². The SMILES string of the molecule is N#CC=Cc1c[nH]c(-c2ccc(F)cc2)c1-c1ccncc1. The van der Waals surface area contributed by atoms with Crippen LogP contribution in [0.15, 0.2) is 61.1 Å². The number of benzene rings is 1. The van der Waals surface area contributed by atoms with Crippen LogP contribution in [-0.4, -0.2) is 9.97 Å². The first-order valence-electron chi connectivity index (χ1n) is 6.73. The summed E-state index contributed by atoms with van der Waals surface area (Å²) in [5, 5.41) is 8.74. The number of rotatable bonds is 3. The van der Waals surface area contributed by atoms with E-state index >= 15 is 0 Å². The zero-order valence-corrected chi connectivity index (χ0v) is 11.6. The van der Waals surface area contributed by atoms with E-state index in [4.69, 9.17) is 5.26 Å². The van der Waals surface area contributed by atoms with E-state index in [2.05, 4.69) is 9.97 Å². The molecule has 0 saturated heterocycles. The summed E-state index contributed by atoms with van der Waals surface area (Å²) in [6.45, 7) is 0. The highest BCUT2D eigenvalue weighted by Gasteiger charge is 2.13. The van der Waals surface area contributed by atoms with E-state index in [1.54, 1.807) is 30.6 Å². The van der Waals surface area contributed by atoms with Crippen LogP contribution in [0, 0.1) is 17.1 Å². The van der Waals surface area contributed by atoms with Crippen molar-refractivity contribution >= 4 is 6.08 Å². The van der Waals surface area contributed by atoms with Crippen molar-refractivity contribution in [3.8, 4) is 28.5 Å². The lowest BCUT2D eigenvalue weighted by atomic mass is 9.98. The Labute approximate surface area is 127 Å². The van der Waals surface area contributed by atoms with E-state index < -0.39 is 0 Å². The van der Waals surface area contributed by atoms with Gasteiger partial charge in [0.15, 0.2) is 0 Å². The summed E-state index contributed by atoms with van der Waals surface area (Å²) < 4.78 is 13.1. The lowest BCUT2D eigenvalue weighted by Gasteiger charge is -2.06. The number of aromatic nitrogens is 2. The van der Waals surface area contributed by atoms with Gasteiger partial charge in [0.25, 0.3) is 0 Å².